The van der Waals surface area contributed by atoms with Crippen molar-refractivity contribution in [2.45, 2.75) is 113 Å². The number of fused-ring (bicyclic) bond motifs is 2. The van der Waals surface area contributed by atoms with Crippen LogP contribution in [0.4, 0.5) is 0 Å². The number of rotatable bonds is 8. The monoisotopic (exact) mass is 853 g/mol. The molecule has 3 aliphatic rings. The molecule has 6 rings (SSSR count). The molecule has 330 valence electrons. The minimum absolute atomic E-state index is 0.00726. The zero-order valence-electron chi connectivity index (χ0n) is 34.7. The lowest BCUT2D eigenvalue weighted by Crippen LogP contribution is -2.63. The van der Waals surface area contributed by atoms with E-state index in [0.717, 1.165) is 0 Å². The summed E-state index contributed by atoms with van der Waals surface area (Å²) in [6.07, 6.45) is -1.85. The normalized spacial score (nSPS) is 26.8. The molecular formula is C45H55N7O10. The Hall–Kier alpha value is -6.33. The highest BCUT2D eigenvalue weighted by atomic mass is 16.3. The number of phenols is 1. The molecular weight excluding hydrogens is 799 g/mol. The lowest BCUT2D eigenvalue weighted by Gasteiger charge is -2.32. The summed E-state index contributed by atoms with van der Waals surface area (Å²) >= 11 is 0. The van der Waals surface area contributed by atoms with E-state index in [1.54, 1.807) is 72.8 Å². The number of aliphatic hydroxyl groups excluding tert-OH is 2. The lowest BCUT2D eigenvalue weighted by atomic mass is 10.0. The molecule has 62 heavy (non-hydrogen) atoms. The number of hydrogen-bond acceptors (Lipinski definition) is 10. The molecule has 3 heterocycles. The molecule has 3 aliphatic heterocycles. The van der Waals surface area contributed by atoms with E-state index in [1.165, 1.54) is 35.8 Å². The van der Waals surface area contributed by atoms with Gasteiger partial charge in [0, 0.05) is 32.4 Å². The van der Waals surface area contributed by atoms with E-state index in [9.17, 15) is 48.9 Å². The Balaban J connectivity index is 1.42. The number of amides is 7. The van der Waals surface area contributed by atoms with Gasteiger partial charge in [0.25, 0.3) is 0 Å². The van der Waals surface area contributed by atoms with E-state index in [2.05, 4.69) is 26.6 Å². The molecule has 2 unspecified atom stereocenters. The predicted octanol–water partition coefficient (Wildman–Crippen LogP) is -0.399. The second-order valence-electron chi connectivity index (χ2n) is 16.3. The topological polar surface area (TPSA) is 247 Å². The van der Waals surface area contributed by atoms with Crippen LogP contribution in [0.1, 0.15) is 56.2 Å². The van der Waals surface area contributed by atoms with Gasteiger partial charge in [-0.15, -0.1) is 0 Å². The molecule has 3 aromatic carbocycles. The standard InChI is InChI=1S/C45H55N7O10/c1-26(53)37-43(60)50-38(27(2)54)45(62)52-22-10-15-35(52)41(58)47-33(24-30-17-19-31(55)20-18-30)39(56)46-32(23-28-11-5-3-6-12-28)40(57)48-34(25-29-13-7-4-8-14-29)44(61)51-21-9-16-36(51)42(59)49-37/h3-8,11-14,17-20,26-27,32-38,53-55H,9-10,15-16,21-25H2,1-2H3,(H,46,56)(H,47,58)(H,48,57)(H,49,59)(H,50,60)/t26?,27?,32-,33-,34-,35-,36-,37+,38+/m0/s1. The number of carbonyl (C=O) groups is 7. The van der Waals surface area contributed by atoms with Gasteiger partial charge in [-0.05, 0) is 68.4 Å². The third kappa shape index (κ3) is 11.1. The smallest absolute Gasteiger partial charge is 0.248 e. The van der Waals surface area contributed by atoms with Gasteiger partial charge in [-0.3, -0.25) is 33.6 Å². The molecule has 3 saturated heterocycles. The van der Waals surface area contributed by atoms with Crippen LogP contribution in [-0.4, -0.2) is 134 Å². The van der Waals surface area contributed by atoms with Crippen molar-refractivity contribution in [1.29, 1.82) is 0 Å². The average Bonchev–Trinajstić information content (AvgIpc) is 3.96. The first-order chi connectivity index (χ1) is 29.7. The summed E-state index contributed by atoms with van der Waals surface area (Å²) < 4.78 is 0. The third-order valence-corrected chi connectivity index (χ3v) is 11.6. The van der Waals surface area contributed by atoms with Crippen molar-refractivity contribution in [2.75, 3.05) is 13.1 Å². The highest BCUT2D eigenvalue weighted by Crippen LogP contribution is 2.23. The molecule has 0 spiro atoms. The maximum absolute atomic E-state index is 14.6. The zero-order chi connectivity index (χ0) is 44.5. The first-order valence-electron chi connectivity index (χ1n) is 21.0. The largest absolute Gasteiger partial charge is 0.508 e. The van der Waals surface area contributed by atoms with Crippen LogP contribution >= 0.6 is 0 Å². The summed E-state index contributed by atoms with van der Waals surface area (Å²) in [6.45, 7) is 2.77. The van der Waals surface area contributed by atoms with Crippen LogP contribution in [0.15, 0.2) is 84.9 Å². The summed E-state index contributed by atoms with van der Waals surface area (Å²) in [5, 5.41) is 45.0. The van der Waals surface area contributed by atoms with Gasteiger partial charge in [0.05, 0.1) is 12.2 Å². The highest BCUT2D eigenvalue weighted by Gasteiger charge is 2.44. The molecule has 17 nitrogen and oxygen atoms in total. The molecule has 3 aromatic rings. The zero-order valence-corrected chi connectivity index (χ0v) is 34.7. The van der Waals surface area contributed by atoms with Crippen molar-refractivity contribution in [3.05, 3.63) is 102 Å². The Morgan fingerprint density at radius 3 is 1.40 bits per heavy atom. The maximum Gasteiger partial charge on any atom is 0.248 e. The van der Waals surface area contributed by atoms with Crippen LogP contribution in [0.2, 0.25) is 0 Å². The van der Waals surface area contributed by atoms with Crippen LogP contribution in [0.25, 0.3) is 0 Å². The fourth-order valence-corrected chi connectivity index (χ4v) is 8.27. The van der Waals surface area contributed by atoms with Crippen molar-refractivity contribution < 1.29 is 48.9 Å². The van der Waals surface area contributed by atoms with Crippen LogP contribution in [0.3, 0.4) is 0 Å². The Kier molecular flexibility index (Phi) is 14.9. The lowest BCUT2D eigenvalue weighted by molar-refractivity contribution is -0.145. The van der Waals surface area contributed by atoms with Crippen LogP contribution in [0, 0.1) is 0 Å². The molecule has 0 saturated carbocycles. The molecule has 9 atom stereocenters. The number of nitrogens with zero attached hydrogens (tertiary/aromatic N) is 2. The molecule has 0 aliphatic carbocycles. The molecule has 3 fully saturated rings. The van der Waals surface area contributed by atoms with Gasteiger partial charge in [-0.25, -0.2) is 0 Å². The number of carbonyl (C=O) groups excluding carboxylic acids is 7. The van der Waals surface area contributed by atoms with Gasteiger partial charge in [0.15, 0.2) is 0 Å². The Morgan fingerprint density at radius 1 is 0.500 bits per heavy atom. The summed E-state index contributed by atoms with van der Waals surface area (Å²) in [5.74, 6) is -5.31. The number of benzene rings is 3. The van der Waals surface area contributed by atoms with Gasteiger partial charge < -0.3 is 51.7 Å². The minimum atomic E-state index is -1.61. The van der Waals surface area contributed by atoms with E-state index in [4.69, 9.17) is 0 Å². The van der Waals surface area contributed by atoms with Crippen molar-refractivity contribution in [1.82, 2.24) is 36.4 Å². The highest BCUT2D eigenvalue weighted by molar-refractivity contribution is 5.99. The molecule has 0 aromatic heterocycles. The van der Waals surface area contributed by atoms with Gasteiger partial charge in [0.1, 0.15) is 48.0 Å². The third-order valence-electron chi connectivity index (χ3n) is 11.6. The van der Waals surface area contributed by atoms with Crippen LogP contribution in [0.5, 0.6) is 5.75 Å². The molecule has 0 bridgehead atoms. The van der Waals surface area contributed by atoms with Crippen LogP contribution < -0.4 is 26.6 Å². The van der Waals surface area contributed by atoms with Gasteiger partial charge >= 0.3 is 0 Å². The second-order valence-corrected chi connectivity index (χ2v) is 16.3. The summed E-state index contributed by atoms with van der Waals surface area (Å²) in [7, 11) is 0. The number of nitrogens with one attached hydrogen (secondary N) is 5. The first kappa shape index (κ1) is 45.2. The Morgan fingerprint density at radius 2 is 0.903 bits per heavy atom. The average molecular weight is 854 g/mol. The first-order valence-corrected chi connectivity index (χ1v) is 21.0. The number of phenolic OH excluding ortho intramolecular Hbond substituents is 1. The molecule has 8 N–H and O–H groups in total. The molecule has 0 radical (unpaired) electrons. The quantitative estimate of drug-likeness (QED) is 0.146. The van der Waals surface area contributed by atoms with Gasteiger partial charge in [0.2, 0.25) is 41.4 Å². The van der Waals surface area contributed by atoms with E-state index < -0.39 is 95.9 Å². The Bertz CT molecular complexity index is 2080. The van der Waals surface area contributed by atoms with E-state index in [-0.39, 0.29) is 50.9 Å². The predicted molar refractivity (Wildman–Crippen MR) is 225 cm³/mol. The summed E-state index contributed by atoms with van der Waals surface area (Å²) in [4.78, 5) is 102. The minimum Gasteiger partial charge on any atom is -0.508 e. The van der Waals surface area contributed by atoms with Crippen molar-refractivity contribution in [3.63, 3.8) is 0 Å². The van der Waals surface area contributed by atoms with Gasteiger partial charge in [-0.2, -0.15) is 0 Å². The van der Waals surface area contributed by atoms with Gasteiger partial charge in [-0.1, -0.05) is 72.8 Å². The number of hydrogen-bond donors (Lipinski definition) is 8. The fourth-order valence-electron chi connectivity index (χ4n) is 8.27. The van der Waals surface area contributed by atoms with E-state index in [1.807, 2.05) is 0 Å². The molecule has 17 heteroatoms. The number of aliphatic hydroxyl groups is 2. The summed E-state index contributed by atoms with van der Waals surface area (Å²) in [5.41, 5.74) is 1.94. The second kappa shape index (κ2) is 20.5. The Labute approximate surface area is 359 Å². The maximum atomic E-state index is 14.6. The van der Waals surface area contributed by atoms with Crippen LogP contribution in [-0.2, 0) is 52.8 Å². The van der Waals surface area contributed by atoms with Crippen molar-refractivity contribution in [2.24, 2.45) is 0 Å². The van der Waals surface area contributed by atoms with Crippen molar-refractivity contribution in [3.8, 4) is 5.75 Å². The van der Waals surface area contributed by atoms with E-state index in [0.29, 0.717) is 29.5 Å². The molecule has 7 amide bonds. The fraction of sp³-hybridized carbons (Fsp3) is 0.444. The summed E-state index contributed by atoms with van der Waals surface area (Å²) in [6, 6.07) is 14.6. The van der Waals surface area contributed by atoms with Crippen molar-refractivity contribution >= 4 is 41.4 Å². The SMILES string of the molecule is CC(O)[C@H]1NC(=O)[C@@H]2CCCN2C(=O)[C@H](Cc2ccccc2)NC(=O)[C@H](Cc2ccccc2)NC(=O)[C@H](Cc2ccc(O)cc2)NC(=O)[C@@H]2CCCN2C(=O)[C@@H](C(C)O)NC1=O. The number of aromatic hydroxyl groups is 1. The van der Waals surface area contributed by atoms with E-state index >= 15 is 0 Å².